The van der Waals surface area contributed by atoms with Crippen LogP contribution >= 0.6 is 0 Å². The number of aliphatic hydroxyl groups is 1. The van der Waals surface area contributed by atoms with Gasteiger partial charge in [-0.3, -0.25) is 9.48 Å². The number of carbonyl (C=O) groups excluding carboxylic acids is 1. The van der Waals surface area contributed by atoms with Crippen molar-refractivity contribution in [2.24, 2.45) is 13.0 Å². The number of rotatable bonds is 3. The largest absolute Gasteiger partial charge is 0.393 e. The summed E-state index contributed by atoms with van der Waals surface area (Å²) in [6.07, 6.45) is 1.58. The average Bonchev–Trinajstić information content (AvgIpc) is 2.80. The summed E-state index contributed by atoms with van der Waals surface area (Å²) >= 11 is 0. The smallest absolute Gasteiger partial charge is 0.274 e. The molecule has 0 bridgehead atoms. The number of hydrogen-bond donors (Lipinski definition) is 1. The molecule has 2 rings (SSSR count). The molecule has 1 aromatic rings. The maximum absolute atomic E-state index is 12.5. The van der Waals surface area contributed by atoms with Gasteiger partial charge in [-0.15, -0.1) is 0 Å². The van der Waals surface area contributed by atoms with Crippen LogP contribution in [0.15, 0.2) is 6.07 Å². The highest BCUT2D eigenvalue weighted by molar-refractivity contribution is 5.92. The molecule has 2 atom stereocenters. The van der Waals surface area contributed by atoms with E-state index in [1.54, 1.807) is 11.6 Å². The summed E-state index contributed by atoms with van der Waals surface area (Å²) in [4.78, 5) is 14.4. The van der Waals surface area contributed by atoms with Gasteiger partial charge in [0.15, 0.2) is 5.69 Å². The molecule has 1 fully saturated rings. The number of carbonyl (C=O) groups is 1. The van der Waals surface area contributed by atoms with Crippen molar-refractivity contribution in [3.8, 4) is 0 Å². The molecular weight excluding hydrogens is 254 g/mol. The average molecular weight is 279 g/mol. The van der Waals surface area contributed by atoms with Crippen LogP contribution in [0.25, 0.3) is 0 Å². The Hall–Kier alpha value is -1.36. The molecular formula is C15H25N3O2. The first-order valence-corrected chi connectivity index (χ1v) is 7.41. The fourth-order valence-corrected chi connectivity index (χ4v) is 2.88. The molecule has 1 aliphatic rings. The van der Waals surface area contributed by atoms with Crippen molar-refractivity contribution in [3.05, 3.63) is 17.5 Å². The number of amides is 1. The van der Waals surface area contributed by atoms with Crippen molar-refractivity contribution >= 4 is 5.91 Å². The van der Waals surface area contributed by atoms with Crippen LogP contribution in [0, 0.1) is 5.92 Å². The SMILES string of the molecule is CC(C)c1cc(C(=O)N2CCCC(C(C)O)C2)nn1C. The highest BCUT2D eigenvalue weighted by Gasteiger charge is 2.28. The predicted octanol–water partition coefficient (Wildman–Crippen LogP) is 1.78. The number of aryl methyl sites for hydroxylation is 1. The van der Waals surface area contributed by atoms with Gasteiger partial charge in [-0.2, -0.15) is 5.10 Å². The van der Waals surface area contributed by atoms with Gasteiger partial charge in [0.25, 0.3) is 5.91 Å². The van der Waals surface area contributed by atoms with Gasteiger partial charge in [0, 0.05) is 31.7 Å². The lowest BCUT2D eigenvalue weighted by atomic mass is 9.93. The van der Waals surface area contributed by atoms with E-state index in [1.165, 1.54) is 0 Å². The number of aromatic nitrogens is 2. The number of piperidine rings is 1. The van der Waals surface area contributed by atoms with E-state index >= 15 is 0 Å². The summed E-state index contributed by atoms with van der Waals surface area (Å²) < 4.78 is 1.79. The quantitative estimate of drug-likeness (QED) is 0.917. The van der Waals surface area contributed by atoms with Crippen molar-refractivity contribution in [2.75, 3.05) is 13.1 Å². The van der Waals surface area contributed by atoms with E-state index in [1.807, 2.05) is 18.0 Å². The maximum Gasteiger partial charge on any atom is 0.274 e. The third kappa shape index (κ3) is 3.03. The van der Waals surface area contributed by atoms with Crippen LogP contribution in [0.1, 0.15) is 55.7 Å². The van der Waals surface area contributed by atoms with E-state index in [9.17, 15) is 9.90 Å². The van der Waals surface area contributed by atoms with Crippen LogP contribution in [0.4, 0.5) is 0 Å². The van der Waals surface area contributed by atoms with Crippen LogP contribution in [0.2, 0.25) is 0 Å². The third-order valence-electron chi connectivity index (χ3n) is 4.15. The maximum atomic E-state index is 12.5. The number of hydrogen-bond acceptors (Lipinski definition) is 3. The minimum Gasteiger partial charge on any atom is -0.393 e. The van der Waals surface area contributed by atoms with Gasteiger partial charge in [-0.25, -0.2) is 0 Å². The number of likely N-dealkylation sites (tertiary alicyclic amines) is 1. The summed E-state index contributed by atoms with van der Waals surface area (Å²) in [6.45, 7) is 7.38. The Bertz CT molecular complexity index is 479. The van der Waals surface area contributed by atoms with Gasteiger partial charge in [0.2, 0.25) is 0 Å². The van der Waals surface area contributed by atoms with Gasteiger partial charge in [-0.05, 0) is 31.7 Å². The minimum absolute atomic E-state index is 0.0159. The molecule has 0 spiro atoms. The Morgan fingerprint density at radius 2 is 2.15 bits per heavy atom. The normalized spacial score (nSPS) is 21.3. The fourth-order valence-electron chi connectivity index (χ4n) is 2.88. The van der Waals surface area contributed by atoms with E-state index in [4.69, 9.17) is 0 Å². The molecule has 0 saturated carbocycles. The van der Waals surface area contributed by atoms with Gasteiger partial charge >= 0.3 is 0 Å². The molecule has 2 heterocycles. The van der Waals surface area contributed by atoms with Crippen molar-refractivity contribution in [2.45, 2.75) is 45.6 Å². The van der Waals surface area contributed by atoms with Crippen LogP contribution in [-0.4, -0.2) is 44.9 Å². The lowest BCUT2D eigenvalue weighted by Crippen LogP contribution is -2.43. The zero-order valence-corrected chi connectivity index (χ0v) is 12.8. The Labute approximate surface area is 120 Å². The topological polar surface area (TPSA) is 58.4 Å². The van der Waals surface area contributed by atoms with Crippen molar-refractivity contribution < 1.29 is 9.90 Å². The molecule has 1 aliphatic heterocycles. The number of nitrogens with zero attached hydrogens (tertiary/aromatic N) is 3. The third-order valence-corrected chi connectivity index (χ3v) is 4.15. The molecule has 1 aromatic heterocycles. The highest BCUT2D eigenvalue weighted by atomic mass is 16.3. The van der Waals surface area contributed by atoms with Crippen LogP contribution in [-0.2, 0) is 7.05 Å². The molecule has 0 radical (unpaired) electrons. The Kier molecular flexibility index (Phi) is 4.48. The van der Waals surface area contributed by atoms with Crippen LogP contribution in [0.5, 0.6) is 0 Å². The summed E-state index contributed by atoms with van der Waals surface area (Å²) in [5, 5.41) is 14.1. The Morgan fingerprint density at radius 1 is 1.45 bits per heavy atom. The van der Waals surface area contributed by atoms with Gasteiger partial charge < -0.3 is 10.0 Å². The van der Waals surface area contributed by atoms with E-state index in [0.717, 1.165) is 25.1 Å². The first-order chi connectivity index (χ1) is 9.40. The molecule has 0 aliphatic carbocycles. The van der Waals surface area contributed by atoms with Crippen molar-refractivity contribution in [3.63, 3.8) is 0 Å². The molecule has 2 unspecified atom stereocenters. The Balaban J connectivity index is 2.13. The zero-order chi connectivity index (χ0) is 14.9. The second kappa shape index (κ2) is 5.95. The predicted molar refractivity (Wildman–Crippen MR) is 77.6 cm³/mol. The first kappa shape index (κ1) is 15.0. The lowest BCUT2D eigenvalue weighted by molar-refractivity contribution is 0.0461. The standard InChI is InChI=1S/C15H25N3O2/c1-10(2)14-8-13(16-17(14)4)15(20)18-7-5-6-12(9-18)11(3)19/h8,10-12,19H,5-7,9H2,1-4H3. The van der Waals surface area contributed by atoms with Crippen LogP contribution in [0.3, 0.4) is 0 Å². The van der Waals surface area contributed by atoms with Gasteiger partial charge in [-0.1, -0.05) is 13.8 Å². The summed E-state index contributed by atoms with van der Waals surface area (Å²) in [7, 11) is 1.88. The number of aliphatic hydroxyl groups excluding tert-OH is 1. The van der Waals surface area contributed by atoms with E-state index in [0.29, 0.717) is 18.2 Å². The van der Waals surface area contributed by atoms with Gasteiger partial charge in [0.05, 0.1) is 6.10 Å². The minimum atomic E-state index is -0.361. The van der Waals surface area contributed by atoms with Gasteiger partial charge in [0.1, 0.15) is 0 Å². The van der Waals surface area contributed by atoms with Crippen molar-refractivity contribution in [1.82, 2.24) is 14.7 Å². The summed E-state index contributed by atoms with van der Waals surface area (Å²) in [6, 6.07) is 1.89. The molecule has 0 aromatic carbocycles. The Morgan fingerprint density at radius 3 is 2.70 bits per heavy atom. The fraction of sp³-hybridized carbons (Fsp3) is 0.733. The molecule has 1 saturated heterocycles. The second-order valence-electron chi connectivity index (χ2n) is 6.13. The van der Waals surface area contributed by atoms with Crippen LogP contribution < -0.4 is 0 Å². The zero-order valence-electron chi connectivity index (χ0n) is 12.8. The highest BCUT2D eigenvalue weighted by Crippen LogP contribution is 2.22. The van der Waals surface area contributed by atoms with E-state index < -0.39 is 0 Å². The molecule has 112 valence electrons. The monoisotopic (exact) mass is 279 g/mol. The summed E-state index contributed by atoms with van der Waals surface area (Å²) in [5.74, 6) is 0.513. The van der Waals surface area contributed by atoms with E-state index in [2.05, 4.69) is 18.9 Å². The molecule has 1 amide bonds. The van der Waals surface area contributed by atoms with Crippen molar-refractivity contribution in [1.29, 1.82) is 0 Å². The molecule has 5 nitrogen and oxygen atoms in total. The van der Waals surface area contributed by atoms with E-state index in [-0.39, 0.29) is 17.9 Å². The molecule has 20 heavy (non-hydrogen) atoms. The molecule has 1 N–H and O–H groups in total. The first-order valence-electron chi connectivity index (χ1n) is 7.41. The summed E-state index contributed by atoms with van der Waals surface area (Å²) in [5.41, 5.74) is 1.58. The second-order valence-corrected chi connectivity index (χ2v) is 6.13. The lowest BCUT2D eigenvalue weighted by Gasteiger charge is -2.33. The molecule has 5 heteroatoms.